The van der Waals surface area contributed by atoms with Gasteiger partial charge in [0.15, 0.2) is 5.82 Å². The molecule has 0 atom stereocenters. The van der Waals surface area contributed by atoms with Gasteiger partial charge >= 0.3 is 0 Å². The monoisotopic (exact) mass is 154 g/mol. The Balaban J connectivity index is 2.28. The molecule has 1 aliphatic rings. The lowest BCUT2D eigenvalue weighted by atomic mass is 10.3. The summed E-state index contributed by atoms with van der Waals surface area (Å²) < 4.78 is 14.7. The van der Waals surface area contributed by atoms with Crippen molar-refractivity contribution < 1.29 is 4.39 Å². The topological polar surface area (TPSA) is 17.8 Å². The van der Waals surface area contributed by atoms with Crippen molar-refractivity contribution in [1.29, 1.82) is 0 Å². The van der Waals surface area contributed by atoms with Gasteiger partial charge in [0.1, 0.15) is 0 Å². The van der Waals surface area contributed by atoms with Crippen LogP contribution in [-0.4, -0.2) is 9.78 Å². The molecule has 0 spiro atoms. The quantitative estimate of drug-likeness (QED) is 0.636. The molecule has 1 saturated carbocycles. The maximum Gasteiger partial charge on any atom is 0.164 e. The van der Waals surface area contributed by atoms with Crippen LogP contribution in [0.15, 0.2) is 6.20 Å². The molecule has 0 amide bonds. The molecule has 1 fully saturated rings. The Hall–Kier alpha value is -0.860. The van der Waals surface area contributed by atoms with Crippen LogP contribution in [0.3, 0.4) is 0 Å². The minimum Gasteiger partial charge on any atom is -0.266 e. The van der Waals surface area contributed by atoms with E-state index >= 15 is 0 Å². The molecule has 1 aromatic heterocycles. The molecule has 2 rings (SSSR count). The van der Waals surface area contributed by atoms with Crippen molar-refractivity contribution in [3.63, 3.8) is 0 Å². The lowest BCUT2D eigenvalue weighted by Crippen LogP contribution is -1.94. The summed E-state index contributed by atoms with van der Waals surface area (Å²) in [7, 11) is 0. The first-order valence-electron chi connectivity index (χ1n) is 4.04. The molecule has 0 aromatic carbocycles. The number of hydrogen-bond acceptors (Lipinski definition) is 1. The smallest absolute Gasteiger partial charge is 0.164 e. The first-order valence-corrected chi connectivity index (χ1v) is 4.04. The number of hydrogen-bond donors (Lipinski definition) is 0. The second-order valence-corrected chi connectivity index (χ2v) is 2.99. The highest BCUT2D eigenvalue weighted by Gasteiger charge is 2.25. The van der Waals surface area contributed by atoms with E-state index in [4.69, 9.17) is 0 Å². The average molecular weight is 154 g/mol. The summed E-state index contributed by atoms with van der Waals surface area (Å²) >= 11 is 0. The zero-order chi connectivity index (χ0) is 7.84. The maximum absolute atomic E-state index is 12.9. The summed E-state index contributed by atoms with van der Waals surface area (Å²) in [5.74, 6) is -0.153. The van der Waals surface area contributed by atoms with Gasteiger partial charge in [0.25, 0.3) is 0 Å². The van der Waals surface area contributed by atoms with E-state index in [0.717, 1.165) is 12.8 Å². The minimum absolute atomic E-state index is 0.153. The molecule has 0 aliphatic heterocycles. The molecule has 0 unspecified atom stereocenters. The Bertz CT molecular complexity index is 263. The van der Waals surface area contributed by atoms with Gasteiger partial charge in [-0.15, -0.1) is 0 Å². The van der Waals surface area contributed by atoms with Crippen molar-refractivity contribution in [2.75, 3.05) is 0 Å². The molecule has 0 saturated heterocycles. The van der Waals surface area contributed by atoms with Gasteiger partial charge in [-0.3, -0.25) is 4.68 Å². The van der Waals surface area contributed by atoms with Gasteiger partial charge in [-0.1, -0.05) is 6.92 Å². The van der Waals surface area contributed by atoms with Gasteiger partial charge in [-0.05, 0) is 19.3 Å². The first kappa shape index (κ1) is 6.83. The van der Waals surface area contributed by atoms with Gasteiger partial charge in [-0.25, -0.2) is 4.39 Å². The Morgan fingerprint density at radius 1 is 1.73 bits per heavy atom. The van der Waals surface area contributed by atoms with Crippen molar-refractivity contribution in [3.05, 3.63) is 17.7 Å². The van der Waals surface area contributed by atoms with E-state index < -0.39 is 0 Å². The zero-order valence-electron chi connectivity index (χ0n) is 6.55. The van der Waals surface area contributed by atoms with E-state index in [2.05, 4.69) is 5.10 Å². The summed E-state index contributed by atoms with van der Waals surface area (Å²) in [6.07, 6.45) is 4.51. The Labute approximate surface area is 65.0 Å². The number of halogens is 1. The third kappa shape index (κ3) is 1.15. The average Bonchev–Trinajstić information content (AvgIpc) is 2.76. The van der Waals surface area contributed by atoms with E-state index in [1.165, 1.54) is 6.20 Å². The molecule has 3 heteroatoms. The second kappa shape index (κ2) is 2.32. The van der Waals surface area contributed by atoms with E-state index in [9.17, 15) is 4.39 Å². The number of aryl methyl sites for hydroxylation is 1. The van der Waals surface area contributed by atoms with Crippen LogP contribution in [0.4, 0.5) is 4.39 Å². The normalized spacial score (nSPS) is 17.3. The highest BCUT2D eigenvalue weighted by molar-refractivity contribution is 5.04. The van der Waals surface area contributed by atoms with Crippen LogP contribution >= 0.6 is 0 Å². The van der Waals surface area contributed by atoms with Crippen LogP contribution < -0.4 is 0 Å². The summed E-state index contributed by atoms with van der Waals surface area (Å²) in [5.41, 5.74) is 0.594. The predicted octanol–water partition coefficient (Wildman–Crippen LogP) is 1.92. The highest BCUT2D eigenvalue weighted by atomic mass is 19.1. The van der Waals surface area contributed by atoms with Crippen molar-refractivity contribution in [2.24, 2.45) is 0 Å². The van der Waals surface area contributed by atoms with Crippen molar-refractivity contribution >= 4 is 0 Å². The summed E-state index contributed by atoms with van der Waals surface area (Å²) in [6.45, 7) is 1.92. The Morgan fingerprint density at radius 2 is 2.45 bits per heavy atom. The number of rotatable bonds is 2. The van der Waals surface area contributed by atoms with Gasteiger partial charge < -0.3 is 0 Å². The Morgan fingerprint density at radius 3 is 2.91 bits per heavy atom. The van der Waals surface area contributed by atoms with Crippen LogP contribution in [-0.2, 0) is 6.42 Å². The van der Waals surface area contributed by atoms with Gasteiger partial charge in [-0.2, -0.15) is 5.10 Å². The highest BCUT2D eigenvalue weighted by Crippen LogP contribution is 2.34. The maximum atomic E-state index is 12.9. The van der Waals surface area contributed by atoms with Crippen LogP contribution in [0.1, 0.15) is 31.5 Å². The molecular formula is C8H11FN2. The SMILES string of the molecule is CCc1nn(C2CC2)cc1F. The van der Waals surface area contributed by atoms with Crippen LogP contribution in [0.5, 0.6) is 0 Å². The third-order valence-electron chi connectivity index (χ3n) is 2.01. The van der Waals surface area contributed by atoms with Crippen molar-refractivity contribution in [3.8, 4) is 0 Å². The first-order chi connectivity index (χ1) is 5.31. The van der Waals surface area contributed by atoms with Crippen LogP contribution in [0, 0.1) is 5.82 Å². The summed E-state index contributed by atoms with van der Waals surface area (Å²) in [4.78, 5) is 0. The van der Waals surface area contributed by atoms with Gasteiger partial charge in [0, 0.05) is 0 Å². The fourth-order valence-corrected chi connectivity index (χ4v) is 1.17. The fraction of sp³-hybridized carbons (Fsp3) is 0.625. The van der Waals surface area contributed by atoms with Crippen molar-refractivity contribution in [2.45, 2.75) is 32.2 Å². The largest absolute Gasteiger partial charge is 0.266 e. The summed E-state index contributed by atoms with van der Waals surface area (Å²) in [5, 5.41) is 4.13. The molecule has 1 aliphatic carbocycles. The van der Waals surface area contributed by atoms with Crippen molar-refractivity contribution in [1.82, 2.24) is 9.78 Å². The summed E-state index contributed by atoms with van der Waals surface area (Å²) in [6, 6.07) is 0.491. The molecule has 11 heavy (non-hydrogen) atoms. The lowest BCUT2D eigenvalue weighted by molar-refractivity contribution is 0.606. The van der Waals surface area contributed by atoms with E-state index in [1.807, 2.05) is 6.92 Å². The molecule has 0 N–H and O–H groups in total. The van der Waals surface area contributed by atoms with E-state index in [1.54, 1.807) is 4.68 Å². The molecule has 0 radical (unpaired) electrons. The zero-order valence-corrected chi connectivity index (χ0v) is 6.55. The Kier molecular flexibility index (Phi) is 1.44. The molecule has 1 heterocycles. The van der Waals surface area contributed by atoms with E-state index in [-0.39, 0.29) is 5.82 Å². The van der Waals surface area contributed by atoms with E-state index in [0.29, 0.717) is 18.2 Å². The van der Waals surface area contributed by atoms with Crippen LogP contribution in [0.25, 0.3) is 0 Å². The molecular weight excluding hydrogens is 143 g/mol. The van der Waals surface area contributed by atoms with Gasteiger partial charge in [0.2, 0.25) is 0 Å². The number of aromatic nitrogens is 2. The predicted molar refractivity (Wildman–Crippen MR) is 39.8 cm³/mol. The molecule has 60 valence electrons. The third-order valence-corrected chi connectivity index (χ3v) is 2.01. The molecule has 2 nitrogen and oxygen atoms in total. The fourth-order valence-electron chi connectivity index (χ4n) is 1.17. The van der Waals surface area contributed by atoms with Gasteiger partial charge in [0.05, 0.1) is 17.9 Å². The lowest BCUT2D eigenvalue weighted by Gasteiger charge is -1.92. The molecule has 1 aromatic rings. The minimum atomic E-state index is -0.153. The molecule has 0 bridgehead atoms. The second-order valence-electron chi connectivity index (χ2n) is 2.99. The van der Waals surface area contributed by atoms with Crippen LogP contribution in [0.2, 0.25) is 0 Å². The number of nitrogens with zero attached hydrogens (tertiary/aromatic N) is 2. The standard InChI is InChI=1S/C8H11FN2/c1-2-8-7(9)5-11(10-8)6-3-4-6/h5-6H,2-4H2,1H3.